The highest BCUT2D eigenvalue weighted by molar-refractivity contribution is 5.93. The first-order valence-electron chi connectivity index (χ1n) is 10.4. The molecule has 0 unspecified atom stereocenters. The Hall–Kier alpha value is -3.81. The summed E-state index contributed by atoms with van der Waals surface area (Å²) in [6, 6.07) is 10.9. The van der Waals surface area contributed by atoms with Crippen molar-refractivity contribution in [2.75, 3.05) is 7.11 Å². The van der Waals surface area contributed by atoms with E-state index < -0.39 is 0 Å². The van der Waals surface area contributed by atoms with E-state index in [1.807, 2.05) is 58.0 Å². The number of benzene rings is 2. The first-order valence-corrected chi connectivity index (χ1v) is 10.4. The van der Waals surface area contributed by atoms with E-state index in [0.29, 0.717) is 28.2 Å². The van der Waals surface area contributed by atoms with Crippen LogP contribution in [0, 0.1) is 0 Å². The number of hydrogen-bond acceptors (Lipinski definition) is 7. The Labute approximate surface area is 185 Å². The van der Waals surface area contributed by atoms with Crippen LogP contribution in [0.15, 0.2) is 58.3 Å². The molecule has 4 rings (SSSR count). The molecule has 0 radical (unpaired) electrons. The van der Waals surface area contributed by atoms with Crippen molar-refractivity contribution in [2.45, 2.75) is 39.9 Å². The molecule has 0 aliphatic heterocycles. The average Bonchev–Trinajstić information content (AvgIpc) is 3.28. The van der Waals surface area contributed by atoms with Crippen molar-refractivity contribution in [3.63, 3.8) is 0 Å². The van der Waals surface area contributed by atoms with Crippen molar-refractivity contribution >= 4 is 11.0 Å². The summed E-state index contributed by atoms with van der Waals surface area (Å²) in [4.78, 5) is 18.0. The van der Waals surface area contributed by atoms with E-state index in [2.05, 4.69) is 10.1 Å². The molecule has 0 saturated carbocycles. The number of ether oxygens (including phenoxy) is 3. The van der Waals surface area contributed by atoms with Crippen LogP contribution in [0.1, 0.15) is 27.7 Å². The summed E-state index contributed by atoms with van der Waals surface area (Å²) in [7, 11) is 1.52. The highest BCUT2D eigenvalue weighted by Crippen LogP contribution is 2.44. The average molecular weight is 435 g/mol. The zero-order valence-corrected chi connectivity index (χ0v) is 18.7. The van der Waals surface area contributed by atoms with E-state index in [4.69, 9.17) is 18.6 Å². The third kappa shape index (κ3) is 3.91. The van der Waals surface area contributed by atoms with Gasteiger partial charge in [0.1, 0.15) is 23.6 Å². The molecule has 32 heavy (non-hydrogen) atoms. The number of methoxy groups -OCH3 is 1. The van der Waals surface area contributed by atoms with Crippen LogP contribution in [0.5, 0.6) is 17.2 Å². The van der Waals surface area contributed by atoms with Gasteiger partial charge >= 0.3 is 0 Å². The highest BCUT2D eigenvalue weighted by Gasteiger charge is 2.27. The van der Waals surface area contributed by atoms with Gasteiger partial charge in [-0.05, 0) is 33.3 Å². The van der Waals surface area contributed by atoms with Gasteiger partial charge in [0.15, 0.2) is 11.5 Å². The van der Waals surface area contributed by atoms with Gasteiger partial charge in [0.05, 0.1) is 24.9 Å². The summed E-state index contributed by atoms with van der Waals surface area (Å²) in [6.45, 7) is 7.57. The maximum atomic E-state index is 14.0. The van der Waals surface area contributed by atoms with Crippen LogP contribution in [-0.4, -0.2) is 34.1 Å². The van der Waals surface area contributed by atoms with Gasteiger partial charge in [-0.1, -0.05) is 30.3 Å². The largest absolute Gasteiger partial charge is 0.490 e. The van der Waals surface area contributed by atoms with E-state index in [-0.39, 0.29) is 34.7 Å². The number of hydrogen-bond donors (Lipinski definition) is 0. The summed E-state index contributed by atoms with van der Waals surface area (Å²) < 4.78 is 25.3. The predicted octanol–water partition coefficient (Wildman–Crippen LogP) is 4.62. The minimum absolute atomic E-state index is 0.127. The van der Waals surface area contributed by atoms with E-state index in [1.165, 1.54) is 24.4 Å². The Morgan fingerprint density at radius 2 is 1.72 bits per heavy atom. The van der Waals surface area contributed by atoms with E-state index in [1.54, 1.807) is 6.07 Å². The molecule has 0 saturated heterocycles. The van der Waals surface area contributed by atoms with E-state index >= 15 is 0 Å². The molecule has 2 aromatic carbocycles. The Morgan fingerprint density at radius 1 is 1.00 bits per heavy atom. The molecule has 0 aliphatic carbocycles. The molecule has 166 valence electrons. The highest BCUT2D eigenvalue weighted by atomic mass is 16.5. The zero-order chi connectivity index (χ0) is 22.8. The summed E-state index contributed by atoms with van der Waals surface area (Å²) in [5.74, 6) is 1.31. The van der Waals surface area contributed by atoms with Gasteiger partial charge in [0.2, 0.25) is 17.1 Å². The zero-order valence-electron chi connectivity index (χ0n) is 18.7. The lowest BCUT2D eigenvalue weighted by Gasteiger charge is -2.20. The molecule has 8 nitrogen and oxygen atoms in total. The first kappa shape index (κ1) is 21.4. The summed E-state index contributed by atoms with van der Waals surface area (Å²) >= 11 is 0. The van der Waals surface area contributed by atoms with Gasteiger partial charge in [0.25, 0.3) is 0 Å². The molecule has 8 heteroatoms. The van der Waals surface area contributed by atoms with Gasteiger partial charge in [-0.15, -0.1) is 0 Å². The number of aromatic nitrogens is 3. The maximum absolute atomic E-state index is 14.0. The molecule has 0 N–H and O–H groups in total. The van der Waals surface area contributed by atoms with Gasteiger partial charge in [-0.2, -0.15) is 9.78 Å². The number of rotatable bonds is 7. The first-order chi connectivity index (χ1) is 15.4. The summed E-state index contributed by atoms with van der Waals surface area (Å²) in [5.41, 5.74) is 1.06. The third-order valence-electron chi connectivity index (χ3n) is 4.65. The molecule has 2 aromatic heterocycles. The van der Waals surface area contributed by atoms with Crippen LogP contribution in [0.2, 0.25) is 0 Å². The van der Waals surface area contributed by atoms with Crippen molar-refractivity contribution < 1.29 is 18.6 Å². The topological polar surface area (TPSA) is 88.6 Å². The Bertz CT molecular complexity index is 1280. The van der Waals surface area contributed by atoms with Crippen LogP contribution in [0.4, 0.5) is 0 Å². The lowest BCUT2D eigenvalue weighted by Crippen LogP contribution is -2.16. The number of nitrogens with zero attached hydrogens (tertiary/aromatic N) is 3. The van der Waals surface area contributed by atoms with Crippen molar-refractivity contribution in [3.05, 3.63) is 59.3 Å². The monoisotopic (exact) mass is 435 g/mol. The second kappa shape index (κ2) is 8.74. The Morgan fingerprint density at radius 3 is 2.31 bits per heavy atom. The van der Waals surface area contributed by atoms with Crippen LogP contribution in [0.25, 0.3) is 28.0 Å². The number of fused-ring (bicyclic) bond motifs is 1. The minimum atomic E-state index is -0.270. The van der Waals surface area contributed by atoms with E-state index in [9.17, 15) is 4.79 Å². The fourth-order valence-electron chi connectivity index (χ4n) is 3.48. The maximum Gasteiger partial charge on any atom is 0.233 e. The fraction of sp³-hybridized carbons (Fsp3) is 0.292. The lowest BCUT2D eigenvalue weighted by atomic mass is 10.0. The fourth-order valence-corrected chi connectivity index (χ4v) is 3.48. The van der Waals surface area contributed by atoms with Crippen LogP contribution in [0.3, 0.4) is 0 Å². The smallest absolute Gasteiger partial charge is 0.233 e. The quantitative estimate of drug-likeness (QED) is 0.418. The molecule has 4 aromatic rings. The second-order valence-electron chi connectivity index (χ2n) is 7.76. The molecule has 0 fully saturated rings. The molecule has 0 bridgehead atoms. The molecule has 0 aliphatic rings. The van der Waals surface area contributed by atoms with Crippen molar-refractivity contribution in [2.24, 2.45) is 0 Å². The molecule has 0 atom stereocenters. The van der Waals surface area contributed by atoms with Gasteiger partial charge in [-0.25, -0.2) is 4.98 Å². The molecule has 0 spiro atoms. The van der Waals surface area contributed by atoms with E-state index in [0.717, 1.165) is 0 Å². The standard InChI is InChI=1S/C24H25N3O5/c1-14(2)30-18-11-17-20(23(22(18)29-5)31-15(3)4)21(28)19(16-9-7-6-8-10-16)24(32-17)27-13-25-12-26-27/h6-15H,1-5H3. The van der Waals surface area contributed by atoms with Crippen molar-refractivity contribution in [3.8, 4) is 34.3 Å². The van der Waals surface area contributed by atoms with Crippen molar-refractivity contribution in [1.82, 2.24) is 14.8 Å². The second-order valence-corrected chi connectivity index (χ2v) is 7.76. The normalized spacial score (nSPS) is 11.3. The van der Waals surface area contributed by atoms with Gasteiger partial charge in [-0.3, -0.25) is 4.79 Å². The lowest BCUT2D eigenvalue weighted by molar-refractivity contribution is 0.210. The Balaban J connectivity index is 2.15. The molecular weight excluding hydrogens is 410 g/mol. The summed E-state index contributed by atoms with van der Waals surface area (Å²) in [5, 5.41) is 4.45. The van der Waals surface area contributed by atoms with Crippen LogP contribution >= 0.6 is 0 Å². The molecule has 0 amide bonds. The third-order valence-corrected chi connectivity index (χ3v) is 4.65. The molecule has 2 heterocycles. The van der Waals surface area contributed by atoms with Crippen molar-refractivity contribution in [1.29, 1.82) is 0 Å². The van der Waals surface area contributed by atoms with Crippen LogP contribution < -0.4 is 19.6 Å². The minimum Gasteiger partial charge on any atom is -0.490 e. The van der Waals surface area contributed by atoms with Gasteiger partial charge < -0.3 is 18.6 Å². The molecular formula is C24H25N3O5. The Kier molecular flexibility index (Phi) is 5.85. The van der Waals surface area contributed by atoms with Gasteiger partial charge in [0, 0.05) is 6.07 Å². The SMILES string of the molecule is COc1c(OC(C)C)cc2oc(-n3cncn3)c(-c3ccccc3)c(=O)c2c1OC(C)C. The van der Waals surface area contributed by atoms with Crippen LogP contribution in [-0.2, 0) is 0 Å². The summed E-state index contributed by atoms with van der Waals surface area (Å²) in [6.07, 6.45) is 2.53. The predicted molar refractivity (Wildman–Crippen MR) is 121 cm³/mol.